The first-order valence-corrected chi connectivity index (χ1v) is 37.7. The Morgan fingerprint density at radius 1 is 0.290 bits per heavy atom. The molecule has 107 heavy (non-hydrogen) atoms. The Hall–Kier alpha value is -12.8. The van der Waals surface area contributed by atoms with Crippen LogP contribution in [0.1, 0.15) is 94.2 Å². The van der Waals surface area contributed by atoms with Crippen LogP contribution in [0.4, 0.5) is 34.1 Å². The number of nitrogens with zero attached hydrogens (tertiary/aromatic N) is 4. The second-order valence-electron chi connectivity index (χ2n) is 28.6. The van der Waals surface area contributed by atoms with Crippen LogP contribution in [-0.4, -0.2) is 9.13 Å². The molecule has 2 heterocycles. The van der Waals surface area contributed by atoms with Gasteiger partial charge in [-0.25, -0.2) is 0 Å². The lowest BCUT2D eigenvalue weighted by molar-refractivity contribution is 0.407. The van der Waals surface area contributed by atoms with Crippen molar-refractivity contribution in [3.63, 3.8) is 0 Å². The third-order valence-electron chi connectivity index (χ3n) is 21.8. The van der Waals surface area contributed by atoms with E-state index in [2.05, 4.69) is 387 Å². The summed E-state index contributed by atoms with van der Waals surface area (Å²) in [6.07, 6.45) is 16.3. The molecule has 0 atom stereocenters. The maximum absolute atomic E-state index is 4.05. The highest BCUT2D eigenvalue weighted by Crippen LogP contribution is 2.57. The molecule has 0 saturated carbocycles. The van der Waals surface area contributed by atoms with E-state index in [1.165, 1.54) is 133 Å². The van der Waals surface area contributed by atoms with Gasteiger partial charge in [-0.2, -0.15) is 0 Å². The standard InChI is InChI=1S/C63H60N2.C40H28N2/c1-5-49-25-19-27-51(43-49)23-13-15-39-63(40-16-14-24-52-28-20-26-50(6-2)44-52)61-45-57(64(53-29-9-7-10-30-53)55-33-17-21-47(3)41-55)35-37-59(61)60-38-36-58(46-62(60)63)65(54-31-11-8-12-32-54)56-34-18-22-48(4)42-56;1-3-27-11-9-13-31(23-27)41-37-17-7-5-15-33(37)35-25-29(19-21-39(35)41)30-20-22-40-36(26-30)34-16-6-8-18-38(34)42(40)32-14-10-12-28(4-2)24-32/h5-12,17-22,25-38,41-46H,1-2,13-16,23-24,39-40H2,3-4H3;3-26H,1-2H2. The van der Waals surface area contributed by atoms with Gasteiger partial charge in [-0.05, 0) is 264 Å². The average molecular weight is 1380 g/mol. The number of hydrogen-bond acceptors (Lipinski definition) is 2. The molecular weight excluding hydrogens is 1290 g/mol. The summed E-state index contributed by atoms with van der Waals surface area (Å²) in [6, 6.07) is 120. The summed E-state index contributed by atoms with van der Waals surface area (Å²) in [7, 11) is 0. The molecule has 0 radical (unpaired) electrons. The summed E-state index contributed by atoms with van der Waals surface area (Å²) in [4.78, 5) is 4.89. The fourth-order valence-electron chi connectivity index (χ4n) is 16.7. The molecule has 0 bridgehead atoms. The van der Waals surface area contributed by atoms with Crippen molar-refractivity contribution in [1.29, 1.82) is 0 Å². The van der Waals surface area contributed by atoms with Crippen LogP contribution in [0.5, 0.6) is 0 Å². The number of hydrogen-bond donors (Lipinski definition) is 0. The summed E-state index contributed by atoms with van der Waals surface area (Å²) >= 11 is 0. The zero-order chi connectivity index (χ0) is 72.8. The van der Waals surface area contributed by atoms with E-state index in [4.69, 9.17) is 0 Å². The first-order chi connectivity index (χ1) is 52.6. The number of aryl methyl sites for hydroxylation is 4. The van der Waals surface area contributed by atoms with Gasteiger partial charge in [-0.1, -0.05) is 258 Å². The van der Waals surface area contributed by atoms with E-state index in [0.717, 1.165) is 85.2 Å². The second kappa shape index (κ2) is 30.5. The molecule has 14 aromatic carbocycles. The van der Waals surface area contributed by atoms with Crippen LogP contribution in [0.3, 0.4) is 0 Å². The molecule has 0 unspecified atom stereocenters. The minimum Gasteiger partial charge on any atom is -0.310 e. The summed E-state index contributed by atoms with van der Waals surface area (Å²) in [5.41, 5.74) is 31.7. The molecule has 0 aliphatic heterocycles. The van der Waals surface area contributed by atoms with Crippen molar-refractivity contribution in [2.75, 3.05) is 9.80 Å². The lowest BCUT2D eigenvalue weighted by Crippen LogP contribution is -2.26. The van der Waals surface area contributed by atoms with Crippen LogP contribution in [-0.2, 0) is 18.3 Å². The van der Waals surface area contributed by atoms with Gasteiger partial charge in [0.15, 0.2) is 0 Å². The zero-order valence-corrected chi connectivity index (χ0v) is 61.3. The number of aromatic nitrogens is 2. The predicted octanol–water partition coefficient (Wildman–Crippen LogP) is 28.5. The molecule has 0 spiro atoms. The number of benzene rings is 14. The molecule has 520 valence electrons. The Bertz CT molecular complexity index is 5610. The summed E-state index contributed by atoms with van der Waals surface area (Å²) < 4.78 is 4.71. The molecule has 2 aromatic heterocycles. The molecule has 4 nitrogen and oxygen atoms in total. The highest BCUT2D eigenvalue weighted by molar-refractivity contribution is 6.13. The highest BCUT2D eigenvalue weighted by atomic mass is 15.1. The van der Waals surface area contributed by atoms with Gasteiger partial charge in [0.2, 0.25) is 0 Å². The van der Waals surface area contributed by atoms with E-state index in [-0.39, 0.29) is 5.41 Å². The maximum atomic E-state index is 4.05. The average Bonchev–Trinajstić information content (AvgIpc) is 1.56. The SMILES string of the molecule is C=Cc1cccc(-n2c3ccccc3c3cc(-c4ccc5c(c4)c4ccccc4n5-c4cccc(C=C)c4)ccc32)c1.C=Cc1cccc(CCCCC2(CCCCc3cccc(C=C)c3)c3cc(N(c4ccccc4)c4cccc(C)c4)ccc3-c3ccc(N(c4ccccc4)c4cccc(C)c4)cc32)c1. The molecule has 0 saturated heterocycles. The highest BCUT2D eigenvalue weighted by Gasteiger charge is 2.43. The normalized spacial score (nSPS) is 12.0. The Balaban J connectivity index is 0.000000179. The summed E-state index contributed by atoms with van der Waals surface area (Å²) in [6.45, 7) is 20.4. The van der Waals surface area contributed by atoms with Crippen molar-refractivity contribution >= 4 is 102 Å². The van der Waals surface area contributed by atoms with Crippen LogP contribution >= 0.6 is 0 Å². The number of para-hydroxylation sites is 4. The van der Waals surface area contributed by atoms with Crippen LogP contribution in [0, 0.1) is 13.8 Å². The van der Waals surface area contributed by atoms with E-state index in [1.807, 2.05) is 24.3 Å². The van der Waals surface area contributed by atoms with E-state index < -0.39 is 0 Å². The minimum absolute atomic E-state index is 0.216. The van der Waals surface area contributed by atoms with E-state index >= 15 is 0 Å². The Kier molecular flexibility index (Phi) is 19.6. The van der Waals surface area contributed by atoms with Crippen molar-refractivity contribution in [1.82, 2.24) is 9.13 Å². The fraction of sp³-hybridized carbons (Fsp3) is 0.107. The number of fused-ring (bicyclic) bond motifs is 9. The van der Waals surface area contributed by atoms with E-state index in [9.17, 15) is 0 Å². The molecule has 16 aromatic rings. The van der Waals surface area contributed by atoms with E-state index in [1.54, 1.807) is 0 Å². The predicted molar refractivity (Wildman–Crippen MR) is 460 cm³/mol. The zero-order valence-electron chi connectivity index (χ0n) is 61.3. The third kappa shape index (κ3) is 13.8. The largest absolute Gasteiger partial charge is 0.310 e. The first kappa shape index (κ1) is 68.7. The van der Waals surface area contributed by atoms with Crippen LogP contribution in [0.2, 0.25) is 0 Å². The van der Waals surface area contributed by atoms with Crippen molar-refractivity contribution in [2.45, 2.75) is 70.6 Å². The van der Waals surface area contributed by atoms with Gasteiger partial charge in [0, 0.05) is 72.5 Å². The van der Waals surface area contributed by atoms with Crippen molar-refractivity contribution in [3.05, 3.63) is 410 Å². The molecule has 17 rings (SSSR count). The van der Waals surface area contributed by atoms with Gasteiger partial charge in [0.25, 0.3) is 0 Å². The fourth-order valence-corrected chi connectivity index (χ4v) is 16.7. The lowest BCUT2D eigenvalue weighted by atomic mass is 9.70. The third-order valence-corrected chi connectivity index (χ3v) is 21.8. The number of rotatable bonds is 23. The van der Waals surface area contributed by atoms with Gasteiger partial charge in [0.1, 0.15) is 0 Å². The molecule has 1 aliphatic rings. The molecule has 1 aliphatic carbocycles. The van der Waals surface area contributed by atoms with Gasteiger partial charge in [0.05, 0.1) is 22.1 Å². The molecule has 0 N–H and O–H groups in total. The Labute approximate surface area is 630 Å². The summed E-state index contributed by atoms with van der Waals surface area (Å²) in [5.74, 6) is 0. The van der Waals surface area contributed by atoms with Gasteiger partial charge in [-0.3, -0.25) is 0 Å². The smallest absolute Gasteiger partial charge is 0.0541 e. The second-order valence-corrected chi connectivity index (χ2v) is 28.6. The quantitative estimate of drug-likeness (QED) is 0.0594. The monoisotopic (exact) mass is 1380 g/mol. The molecule has 4 heteroatoms. The van der Waals surface area contributed by atoms with Crippen LogP contribution < -0.4 is 9.80 Å². The lowest BCUT2D eigenvalue weighted by Gasteiger charge is -2.35. The van der Waals surface area contributed by atoms with Crippen molar-refractivity contribution < 1.29 is 0 Å². The van der Waals surface area contributed by atoms with Crippen LogP contribution in [0.25, 0.3) is 102 Å². The van der Waals surface area contributed by atoms with Gasteiger partial charge < -0.3 is 18.9 Å². The molecule has 0 fully saturated rings. The maximum Gasteiger partial charge on any atom is 0.0541 e. The van der Waals surface area contributed by atoms with E-state index in [0.29, 0.717) is 0 Å². The molecular formula is C103H88N4. The minimum atomic E-state index is -0.216. The van der Waals surface area contributed by atoms with Crippen LogP contribution in [0.15, 0.2) is 354 Å². The van der Waals surface area contributed by atoms with Gasteiger partial charge >= 0.3 is 0 Å². The van der Waals surface area contributed by atoms with Crippen molar-refractivity contribution in [2.24, 2.45) is 0 Å². The topological polar surface area (TPSA) is 16.3 Å². The van der Waals surface area contributed by atoms with Crippen molar-refractivity contribution in [3.8, 4) is 33.6 Å². The molecule has 0 amide bonds. The first-order valence-electron chi connectivity index (χ1n) is 37.7. The van der Waals surface area contributed by atoms with Gasteiger partial charge in [-0.15, -0.1) is 0 Å². The summed E-state index contributed by atoms with van der Waals surface area (Å²) in [5, 5.41) is 4.99. The number of anilines is 6. The Morgan fingerprint density at radius 3 is 1.07 bits per heavy atom. The Morgan fingerprint density at radius 2 is 0.654 bits per heavy atom. The number of unbranched alkanes of at least 4 members (excludes halogenated alkanes) is 2.